The third-order valence-electron chi connectivity index (χ3n) is 4.02. The van der Waals surface area contributed by atoms with Crippen LogP contribution in [-0.4, -0.2) is 64.5 Å². The molecule has 0 unspecified atom stereocenters. The molecule has 3 rings (SSSR count). The van der Waals surface area contributed by atoms with Crippen molar-refractivity contribution in [2.75, 3.05) is 26.2 Å². The number of carbonyl (C=O) groups is 2. The van der Waals surface area contributed by atoms with Crippen LogP contribution in [0, 0.1) is 0 Å². The summed E-state index contributed by atoms with van der Waals surface area (Å²) in [4.78, 5) is 29.1. The van der Waals surface area contributed by atoms with Gasteiger partial charge in [-0.25, -0.2) is 0 Å². The average Bonchev–Trinajstić information content (AvgIpc) is 3.10. The molecule has 0 aliphatic carbocycles. The Balaban J connectivity index is 0.000000545. The van der Waals surface area contributed by atoms with E-state index in [0.717, 1.165) is 39.0 Å². The first-order valence-electron chi connectivity index (χ1n) is 7.42. The van der Waals surface area contributed by atoms with Crippen molar-refractivity contribution >= 4 is 12.4 Å². The van der Waals surface area contributed by atoms with E-state index in [1.165, 1.54) is 0 Å². The Bertz CT molecular complexity index is 503. The molecule has 1 fully saturated rings. The van der Waals surface area contributed by atoms with Crippen LogP contribution < -0.4 is 0 Å². The Kier molecular flexibility index (Phi) is 6.09. The van der Waals surface area contributed by atoms with E-state index >= 15 is 0 Å². The lowest BCUT2D eigenvalue weighted by molar-refractivity contribution is -0.122. The fourth-order valence-corrected chi connectivity index (χ4v) is 2.90. The molecule has 1 amide bonds. The van der Waals surface area contributed by atoms with Gasteiger partial charge in [-0.15, -0.1) is 0 Å². The van der Waals surface area contributed by atoms with Gasteiger partial charge < -0.3 is 10.0 Å². The largest absolute Gasteiger partial charge is 0.483 e. The van der Waals surface area contributed by atoms with Gasteiger partial charge in [-0.2, -0.15) is 0 Å². The number of carboxylic acid groups (broad SMARTS) is 1. The quantitative estimate of drug-likeness (QED) is 0.657. The summed E-state index contributed by atoms with van der Waals surface area (Å²) in [6, 6.07) is 4.29. The minimum Gasteiger partial charge on any atom is -0.483 e. The summed E-state index contributed by atoms with van der Waals surface area (Å²) in [6.07, 6.45) is 9.96. The Morgan fingerprint density at radius 2 is 1.91 bits per heavy atom. The molecule has 1 saturated heterocycles. The Morgan fingerprint density at radius 3 is 2.45 bits per heavy atom. The van der Waals surface area contributed by atoms with Gasteiger partial charge in [-0.1, -0.05) is 12.2 Å². The number of rotatable bonds is 2. The van der Waals surface area contributed by atoms with Gasteiger partial charge in [0, 0.05) is 44.6 Å². The minimum atomic E-state index is -0.250. The standard InChI is InChI=1S/C15H19N3O.CH2O2/c19-15(13-4-3-7-16-12-13)18-10-5-14(6-11-18)17-8-1-2-9-17;2-1-3/h1-4,7,12,14H,5-6,8-11H2;1H,(H,2,3). The summed E-state index contributed by atoms with van der Waals surface area (Å²) in [6.45, 7) is 3.60. The van der Waals surface area contributed by atoms with E-state index in [-0.39, 0.29) is 12.4 Å². The third kappa shape index (κ3) is 4.14. The van der Waals surface area contributed by atoms with Crippen LogP contribution in [0.15, 0.2) is 36.7 Å². The first-order chi connectivity index (χ1) is 10.8. The predicted octanol–water partition coefficient (Wildman–Crippen LogP) is 1.26. The molecule has 1 N–H and O–H groups in total. The summed E-state index contributed by atoms with van der Waals surface area (Å²) in [5.41, 5.74) is 0.698. The van der Waals surface area contributed by atoms with Gasteiger partial charge in [0.25, 0.3) is 12.4 Å². The highest BCUT2D eigenvalue weighted by Crippen LogP contribution is 2.19. The van der Waals surface area contributed by atoms with Gasteiger partial charge >= 0.3 is 0 Å². The Morgan fingerprint density at radius 1 is 1.27 bits per heavy atom. The zero-order valence-corrected chi connectivity index (χ0v) is 12.5. The lowest BCUT2D eigenvalue weighted by Gasteiger charge is -2.36. The number of amides is 1. The molecule has 0 spiro atoms. The van der Waals surface area contributed by atoms with Gasteiger partial charge in [-0.3, -0.25) is 19.5 Å². The number of carbonyl (C=O) groups excluding carboxylic acids is 1. The van der Waals surface area contributed by atoms with Crippen molar-refractivity contribution in [1.82, 2.24) is 14.8 Å². The van der Waals surface area contributed by atoms with E-state index in [2.05, 4.69) is 22.0 Å². The number of piperidine rings is 1. The molecule has 22 heavy (non-hydrogen) atoms. The highest BCUT2D eigenvalue weighted by atomic mass is 16.3. The fraction of sp³-hybridized carbons (Fsp3) is 0.438. The molecule has 3 heterocycles. The number of hydrogen-bond donors (Lipinski definition) is 1. The van der Waals surface area contributed by atoms with E-state index < -0.39 is 0 Å². The van der Waals surface area contributed by atoms with Crippen LogP contribution in [0.25, 0.3) is 0 Å². The lowest BCUT2D eigenvalue weighted by atomic mass is 10.0. The van der Waals surface area contributed by atoms with E-state index in [1.807, 2.05) is 17.0 Å². The molecular weight excluding hydrogens is 282 g/mol. The molecule has 0 bridgehead atoms. The second-order valence-corrected chi connectivity index (χ2v) is 5.30. The summed E-state index contributed by atoms with van der Waals surface area (Å²) in [7, 11) is 0. The van der Waals surface area contributed by atoms with E-state index in [9.17, 15) is 4.79 Å². The molecule has 6 nitrogen and oxygen atoms in total. The molecule has 1 aromatic heterocycles. The molecule has 118 valence electrons. The van der Waals surface area contributed by atoms with E-state index in [0.29, 0.717) is 11.6 Å². The summed E-state index contributed by atoms with van der Waals surface area (Å²) in [5.74, 6) is 0.117. The molecule has 2 aliphatic rings. The molecule has 0 radical (unpaired) electrons. The third-order valence-corrected chi connectivity index (χ3v) is 4.02. The van der Waals surface area contributed by atoms with Crippen molar-refractivity contribution in [2.24, 2.45) is 0 Å². The summed E-state index contributed by atoms with van der Waals surface area (Å²) < 4.78 is 0. The number of likely N-dealkylation sites (tertiary alicyclic amines) is 1. The van der Waals surface area contributed by atoms with Crippen LogP contribution in [0.2, 0.25) is 0 Å². The maximum absolute atomic E-state index is 12.3. The van der Waals surface area contributed by atoms with Gasteiger partial charge in [0.05, 0.1) is 5.56 Å². The molecular formula is C16H21N3O3. The number of nitrogens with zero attached hydrogens (tertiary/aromatic N) is 3. The Hall–Kier alpha value is -2.21. The van der Waals surface area contributed by atoms with Crippen LogP contribution in [0.5, 0.6) is 0 Å². The maximum Gasteiger partial charge on any atom is 0.290 e. The average molecular weight is 303 g/mol. The first-order valence-corrected chi connectivity index (χ1v) is 7.42. The van der Waals surface area contributed by atoms with Crippen LogP contribution in [0.1, 0.15) is 23.2 Å². The van der Waals surface area contributed by atoms with Crippen molar-refractivity contribution in [3.05, 3.63) is 42.2 Å². The van der Waals surface area contributed by atoms with Crippen LogP contribution in [-0.2, 0) is 4.79 Å². The monoisotopic (exact) mass is 303 g/mol. The van der Waals surface area contributed by atoms with Crippen molar-refractivity contribution in [1.29, 1.82) is 0 Å². The smallest absolute Gasteiger partial charge is 0.290 e. The molecule has 0 atom stereocenters. The van der Waals surface area contributed by atoms with E-state index in [4.69, 9.17) is 9.90 Å². The first kappa shape index (κ1) is 16.2. The molecule has 1 aromatic rings. The molecule has 0 saturated carbocycles. The van der Waals surface area contributed by atoms with Gasteiger partial charge in [-0.05, 0) is 25.0 Å². The number of pyridine rings is 1. The SMILES string of the molecule is O=C(c1cccnc1)N1CCC(N2CC=CC2)CC1.O=CO. The van der Waals surface area contributed by atoms with Crippen molar-refractivity contribution in [3.8, 4) is 0 Å². The van der Waals surface area contributed by atoms with Crippen molar-refractivity contribution in [3.63, 3.8) is 0 Å². The Labute approximate surface area is 130 Å². The lowest BCUT2D eigenvalue weighted by Crippen LogP contribution is -2.46. The van der Waals surface area contributed by atoms with Crippen LogP contribution in [0.3, 0.4) is 0 Å². The van der Waals surface area contributed by atoms with Crippen molar-refractivity contribution in [2.45, 2.75) is 18.9 Å². The zero-order chi connectivity index (χ0) is 15.8. The number of hydrogen-bond acceptors (Lipinski definition) is 4. The maximum atomic E-state index is 12.3. The van der Waals surface area contributed by atoms with Crippen molar-refractivity contribution < 1.29 is 14.7 Å². The topological polar surface area (TPSA) is 73.7 Å². The predicted molar refractivity (Wildman–Crippen MR) is 82.6 cm³/mol. The highest BCUT2D eigenvalue weighted by molar-refractivity contribution is 5.93. The summed E-state index contributed by atoms with van der Waals surface area (Å²) >= 11 is 0. The second-order valence-electron chi connectivity index (χ2n) is 5.30. The van der Waals surface area contributed by atoms with Crippen LogP contribution >= 0.6 is 0 Å². The molecule has 2 aliphatic heterocycles. The van der Waals surface area contributed by atoms with Gasteiger partial charge in [0.2, 0.25) is 0 Å². The molecule has 0 aromatic carbocycles. The van der Waals surface area contributed by atoms with Gasteiger partial charge in [0.1, 0.15) is 0 Å². The van der Waals surface area contributed by atoms with Crippen LogP contribution in [0.4, 0.5) is 0 Å². The van der Waals surface area contributed by atoms with E-state index in [1.54, 1.807) is 12.4 Å². The molecule has 6 heteroatoms. The van der Waals surface area contributed by atoms with Gasteiger partial charge in [0.15, 0.2) is 0 Å². The fourth-order valence-electron chi connectivity index (χ4n) is 2.90. The highest BCUT2D eigenvalue weighted by Gasteiger charge is 2.27. The minimum absolute atomic E-state index is 0.117. The number of aromatic nitrogens is 1. The zero-order valence-electron chi connectivity index (χ0n) is 12.5. The second kappa shape index (κ2) is 8.29. The normalized spacial score (nSPS) is 18.6. The summed E-state index contributed by atoms with van der Waals surface area (Å²) in [5, 5.41) is 6.89.